The first-order chi connectivity index (χ1) is 10.7. The van der Waals surface area contributed by atoms with Crippen LogP contribution in [0.15, 0.2) is 16.7 Å². The van der Waals surface area contributed by atoms with Crippen LogP contribution < -0.4 is 5.32 Å². The van der Waals surface area contributed by atoms with Crippen molar-refractivity contribution < 1.29 is 14.6 Å². The van der Waals surface area contributed by atoms with Crippen molar-refractivity contribution in [3.8, 4) is 0 Å². The zero-order chi connectivity index (χ0) is 17.4. The maximum Gasteiger partial charge on any atom is 0.268 e. The van der Waals surface area contributed by atoms with Gasteiger partial charge in [-0.05, 0) is 42.8 Å². The molecule has 0 saturated heterocycles. The maximum absolute atomic E-state index is 12.8. The number of aliphatic hydroxyl groups is 1. The van der Waals surface area contributed by atoms with Crippen molar-refractivity contribution in [3.05, 3.63) is 22.4 Å². The molecule has 0 aliphatic heterocycles. The zero-order valence-electron chi connectivity index (χ0n) is 14.5. The van der Waals surface area contributed by atoms with Crippen LogP contribution in [0.2, 0.25) is 0 Å². The van der Waals surface area contributed by atoms with Crippen LogP contribution in [-0.2, 0) is 4.74 Å². The fraction of sp³-hybridized carbons (Fsp3) is 0.706. The Hall–Kier alpha value is -0.850. The van der Waals surface area contributed by atoms with Crippen molar-refractivity contribution in [2.45, 2.75) is 58.7 Å². The molecule has 0 spiro atoms. The highest BCUT2D eigenvalue weighted by atomic mass is 79.9. The Morgan fingerprint density at radius 2 is 2.22 bits per heavy atom. The molecule has 2 atom stereocenters. The van der Waals surface area contributed by atoms with E-state index in [0.29, 0.717) is 18.7 Å². The SMILES string of the molecule is CCO[C@@H]1C[C@@](CO)(NC(=O)c2cc(Br)cn2C(C)C)C1(C)C. The highest BCUT2D eigenvalue weighted by Crippen LogP contribution is 2.51. The number of rotatable bonds is 6. The number of halogens is 1. The molecule has 0 radical (unpaired) electrons. The number of hydrogen-bond acceptors (Lipinski definition) is 3. The van der Waals surface area contributed by atoms with Gasteiger partial charge in [0.15, 0.2) is 0 Å². The molecule has 5 nitrogen and oxygen atoms in total. The second-order valence-corrected chi connectivity index (χ2v) is 8.02. The monoisotopic (exact) mass is 386 g/mol. The van der Waals surface area contributed by atoms with Crippen LogP contribution in [-0.4, -0.2) is 40.4 Å². The van der Waals surface area contributed by atoms with E-state index in [1.165, 1.54) is 0 Å². The van der Waals surface area contributed by atoms with E-state index >= 15 is 0 Å². The average Bonchev–Trinajstić information content (AvgIpc) is 2.88. The standard InChI is InChI=1S/C17H27BrN2O3/c1-6-23-14-8-17(10-21,16(14,4)5)19-15(22)13-7-12(18)9-20(13)11(2)3/h7,9,11,14,21H,6,8,10H2,1-5H3,(H,19,22)/t14-,17+/m1/s1. The van der Waals surface area contributed by atoms with E-state index in [0.717, 1.165) is 4.47 Å². The van der Waals surface area contributed by atoms with Gasteiger partial charge in [-0.15, -0.1) is 0 Å². The van der Waals surface area contributed by atoms with Gasteiger partial charge in [0, 0.05) is 35.2 Å². The molecular formula is C17H27BrN2O3. The minimum Gasteiger partial charge on any atom is -0.394 e. The van der Waals surface area contributed by atoms with E-state index in [1.54, 1.807) is 0 Å². The average molecular weight is 387 g/mol. The summed E-state index contributed by atoms with van der Waals surface area (Å²) in [7, 11) is 0. The maximum atomic E-state index is 12.8. The molecule has 23 heavy (non-hydrogen) atoms. The molecule has 1 aromatic heterocycles. The van der Waals surface area contributed by atoms with E-state index in [2.05, 4.69) is 21.2 Å². The molecule has 130 valence electrons. The summed E-state index contributed by atoms with van der Waals surface area (Å²) in [5, 5.41) is 13.0. The Morgan fingerprint density at radius 3 is 2.70 bits per heavy atom. The smallest absolute Gasteiger partial charge is 0.268 e. The highest BCUT2D eigenvalue weighted by Gasteiger charge is 2.61. The highest BCUT2D eigenvalue weighted by molar-refractivity contribution is 9.10. The molecule has 1 amide bonds. The van der Waals surface area contributed by atoms with Gasteiger partial charge in [0.25, 0.3) is 5.91 Å². The largest absolute Gasteiger partial charge is 0.394 e. The van der Waals surface area contributed by atoms with Crippen LogP contribution >= 0.6 is 15.9 Å². The van der Waals surface area contributed by atoms with E-state index in [1.807, 2.05) is 51.4 Å². The number of aliphatic hydroxyl groups excluding tert-OH is 1. The summed E-state index contributed by atoms with van der Waals surface area (Å²) >= 11 is 3.43. The second-order valence-electron chi connectivity index (χ2n) is 7.11. The summed E-state index contributed by atoms with van der Waals surface area (Å²) in [6, 6.07) is 1.99. The lowest BCUT2D eigenvalue weighted by Gasteiger charge is -2.60. The van der Waals surface area contributed by atoms with E-state index < -0.39 is 5.54 Å². The van der Waals surface area contributed by atoms with Crippen molar-refractivity contribution in [2.24, 2.45) is 5.41 Å². The Bertz CT molecular complexity index is 582. The van der Waals surface area contributed by atoms with Gasteiger partial charge in [0.2, 0.25) is 0 Å². The van der Waals surface area contributed by atoms with Crippen LogP contribution in [0, 0.1) is 5.41 Å². The Kier molecular flexibility index (Phi) is 5.28. The van der Waals surface area contributed by atoms with Gasteiger partial charge >= 0.3 is 0 Å². The number of carbonyl (C=O) groups excluding carboxylic acids is 1. The molecule has 1 saturated carbocycles. The number of nitrogens with one attached hydrogen (secondary N) is 1. The van der Waals surface area contributed by atoms with Gasteiger partial charge in [0.1, 0.15) is 5.69 Å². The number of carbonyl (C=O) groups is 1. The minimum atomic E-state index is -0.650. The fourth-order valence-corrected chi connectivity index (χ4v) is 3.77. The van der Waals surface area contributed by atoms with Gasteiger partial charge in [-0.2, -0.15) is 0 Å². The van der Waals surface area contributed by atoms with Crippen LogP contribution in [0.25, 0.3) is 0 Å². The summed E-state index contributed by atoms with van der Waals surface area (Å²) < 4.78 is 8.53. The number of ether oxygens (including phenoxy) is 1. The van der Waals surface area contributed by atoms with Gasteiger partial charge in [-0.25, -0.2) is 0 Å². The Balaban J connectivity index is 2.22. The van der Waals surface area contributed by atoms with Crippen LogP contribution in [0.3, 0.4) is 0 Å². The van der Waals surface area contributed by atoms with E-state index in [4.69, 9.17) is 4.74 Å². The van der Waals surface area contributed by atoms with Crippen molar-refractivity contribution >= 4 is 21.8 Å². The summed E-state index contributed by atoms with van der Waals surface area (Å²) in [5.41, 5.74) is -0.377. The summed E-state index contributed by atoms with van der Waals surface area (Å²) in [4.78, 5) is 12.8. The lowest BCUT2D eigenvalue weighted by Crippen LogP contribution is -2.74. The molecule has 0 aromatic carbocycles. The second kappa shape index (κ2) is 6.57. The van der Waals surface area contributed by atoms with Crippen molar-refractivity contribution in [1.29, 1.82) is 0 Å². The molecule has 6 heteroatoms. The van der Waals surface area contributed by atoms with Crippen LogP contribution in [0.1, 0.15) is 57.6 Å². The predicted molar refractivity (Wildman–Crippen MR) is 93.6 cm³/mol. The number of nitrogens with zero attached hydrogens (tertiary/aromatic N) is 1. The van der Waals surface area contributed by atoms with Crippen molar-refractivity contribution in [1.82, 2.24) is 9.88 Å². The number of hydrogen-bond donors (Lipinski definition) is 2. The first-order valence-electron chi connectivity index (χ1n) is 8.11. The molecule has 1 fully saturated rings. The third-order valence-corrected chi connectivity index (χ3v) is 5.60. The predicted octanol–water partition coefficient (Wildman–Crippen LogP) is 3.13. The minimum absolute atomic E-state index is 0.0450. The van der Waals surface area contributed by atoms with Crippen LogP contribution in [0.4, 0.5) is 0 Å². The Labute approximate surface area is 146 Å². The molecule has 2 N–H and O–H groups in total. The normalized spacial score (nSPS) is 26.2. The van der Waals surface area contributed by atoms with Crippen molar-refractivity contribution in [3.63, 3.8) is 0 Å². The molecule has 0 unspecified atom stereocenters. The van der Waals surface area contributed by atoms with E-state index in [9.17, 15) is 9.90 Å². The molecular weight excluding hydrogens is 360 g/mol. The Morgan fingerprint density at radius 1 is 1.57 bits per heavy atom. The first kappa shape index (κ1) is 18.5. The quantitative estimate of drug-likeness (QED) is 0.789. The first-order valence-corrected chi connectivity index (χ1v) is 8.90. The topological polar surface area (TPSA) is 63.5 Å². The summed E-state index contributed by atoms with van der Waals surface area (Å²) in [6.45, 7) is 10.6. The van der Waals surface area contributed by atoms with Gasteiger partial charge in [0.05, 0.1) is 18.2 Å². The molecule has 1 aliphatic rings. The lowest BCUT2D eigenvalue weighted by atomic mass is 9.54. The summed E-state index contributed by atoms with van der Waals surface area (Å²) in [6.07, 6.45) is 2.57. The van der Waals surface area contributed by atoms with Gasteiger partial charge < -0.3 is 19.7 Å². The van der Waals surface area contributed by atoms with Gasteiger partial charge in [-0.1, -0.05) is 13.8 Å². The summed E-state index contributed by atoms with van der Waals surface area (Å²) in [5.74, 6) is -0.165. The molecule has 1 aliphatic carbocycles. The zero-order valence-corrected chi connectivity index (χ0v) is 16.1. The van der Waals surface area contributed by atoms with Crippen LogP contribution in [0.5, 0.6) is 0 Å². The molecule has 2 rings (SSSR count). The van der Waals surface area contributed by atoms with Crippen molar-refractivity contribution in [2.75, 3.05) is 13.2 Å². The molecule has 0 bridgehead atoms. The third kappa shape index (κ3) is 3.08. The molecule has 1 heterocycles. The number of amides is 1. The van der Waals surface area contributed by atoms with E-state index in [-0.39, 0.29) is 30.1 Å². The lowest BCUT2D eigenvalue weighted by molar-refractivity contribution is -0.172. The number of aromatic nitrogens is 1. The van der Waals surface area contributed by atoms with Gasteiger partial charge in [-0.3, -0.25) is 4.79 Å². The molecule has 1 aromatic rings. The third-order valence-electron chi connectivity index (χ3n) is 5.17. The fourth-order valence-electron chi connectivity index (χ4n) is 3.34.